The fourth-order valence-electron chi connectivity index (χ4n) is 3.98. The van der Waals surface area contributed by atoms with E-state index in [9.17, 15) is 14.4 Å². The van der Waals surface area contributed by atoms with Crippen LogP contribution in [0.3, 0.4) is 0 Å². The highest BCUT2D eigenvalue weighted by molar-refractivity contribution is 6.07. The van der Waals surface area contributed by atoms with Crippen LogP contribution in [0.2, 0.25) is 0 Å². The van der Waals surface area contributed by atoms with Gasteiger partial charge in [0.1, 0.15) is 12.0 Å². The molecule has 0 saturated carbocycles. The fourth-order valence-corrected chi connectivity index (χ4v) is 3.98. The quantitative estimate of drug-likeness (QED) is 0.286. The maximum atomic E-state index is 12.8. The summed E-state index contributed by atoms with van der Waals surface area (Å²) < 4.78 is 16.0. The van der Waals surface area contributed by atoms with Crippen LogP contribution in [0.1, 0.15) is 58.1 Å². The Bertz CT molecular complexity index is 1190. The van der Waals surface area contributed by atoms with Crippen molar-refractivity contribution in [1.82, 2.24) is 10.3 Å². The first-order chi connectivity index (χ1) is 17.7. The number of esters is 2. The lowest BCUT2D eigenvalue weighted by Gasteiger charge is -2.29. The van der Waals surface area contributed by atoms with E-state index in [1.807, 2.05) is 36.4 Å². The van der Waals surface area contributed by atoms with Crippen LogP contribution in [0.4, 0.5) is 0 Å². The molecule has 8 nitrogen and oxygen atoms in total. The average molecular weight is 507 g/mol. The molecule has 3 aromatic rings. The van der Waals surface area contributed by atoms with Crippen molar-refractivity contribution in [1.29, 1.82) is 0 Å². The molecular weight excluding hydrogens is 472 g/mol. The minimum Gasteiger partial charge on any atom is -0.464 e. The minimum absolute atomic E-state index is 0.00985. The maximum Gasteiger partial charge on any atom is 0.343 e. The number of benzene rings is 2. The monoisotopic (exact) mass is 506 g/mol. The molecule has 1 heterocycles. The Kier molecular flexibility index (Phi) is 9.22. The van der Waals surface area contributed by atoms with E-state index < -0.39 is 23.4 Å². The number of hydrogen-bond donors (Lipinski definition) is 1. The Morgan fingerprint density at radius 3 is 2.00 bits per heavy atom. The number of nitrogens with one attached hydrogen (secondary N) is 1. The molecule has 1 aromatic heterocycles. The second kappa shape index (κ2) is 12.3. The Labute approximate surface area is 217 Å². The molecule has 0 aliphatic rings. The van der Waals surface area contributed by atoms with E-state index in [1.54, 1.807) is 20.1 Å². The van der Waals surface area contributed by atoms with E-state index in [1.165, 1.54) is 12.5 Å². The molecule has 2 aromatic carbocycles. The molecule has 0 radical (unpaired) electrons. The largest absolute Gasteiger partial charge is 0.464 e. The van der Waals surface area contributed by atoms with Crippen LogP contribution in [0.25, 0.3) is 22.7 Å². The molecule has 0 spiro atoms. The van der Waals surface area contributed by atoms with Crippen LogP contribution in [0.5, 0.6) is 0 Å². The van der Waals surface area contributed by atoms with Crippen molar-refractivity contribution in [3.8, 4) is 22.7 Å². The Hall–Kier alpha value is -3.94. The van der Waals surface area contributed by atoms with Crippen molar-refractivity contribution in [3.63, 3.8) is 0 Å². The maximum absolute atomic E-state index is 12.8. The first kappa shape index (κ1) is 27.6. The zero-order valence-electron chi connectivity index (χ0n) is 22.0. The van der Waals surface area contributed by atoms with E-state index in [4.69, 9.17) is 13.9 Å². The zero-order valence-corrected chi connectivity index (χ0v) is 22.0. The van der Waals surface area contributed by atoms with Crippen molar-refractivity contribution in [2.24, 2.45) is 0 Å². The van der Waals surface area contributed by atoms with Gasteiger partial charge in [0.15, 0.2) is 0 Å². The number of nitrogens with zero attached hydrogens (tertiary/aromatic N) is 1. The van der Waals surface area contributed by atoms with Crippen LogP contribution >= 0.6 is 0 Å². The predicted molar refractivity (Wildman–Crippen MR) is 140 cm³/mol. The number of oxazole rings is 1. The van der Waals surface area contributed by atoms with Gasteiger partial charge in [-0.3, -0.25) is 4.79 Å². The molecule has 0 atom stereocenters. The topological polar surface area (TPSA) is 108 Å². The lowest BCUT2D eigenvalue weighted by Crippen LogP contribution is -2.61. The smallest absolute Gasteiger partial charge is 0.343 e. The molecular formula is C29H34N2O6. The van der Waals surface area contributed by atoms with E-state index >= 15 is 0 Å². The number of amides is 1. The summed E-state index contributed by atoms with van der Waals surface area (Å²) in [5, 5.41) is 2.49. The minimum atomic E-state index is -1.91. The van der Waals surface area contributed by atoms with Gasteiger partial charge in [0.25, 0.3) is 0 Å². The van der Waals surface area contributed by atoms with E-state index in [-0.39, 0.29) is 19.6 Å². The Morgan fingerprint density at radius 2 is 1.49 bits per heavy atom. The van der Waals surface area contributed by atoms with E-state index in [2.05, 4.69) is 36.3 Å². The zero-order chi connectivity index (χ0) is 27.0. The number of aryl methyl sites for hydroxylation is 1. The SMILES string of the molecule is CCOC(=O)C(CCc1ccc(-c2coc(-c3ccc(C(C)C)cc3)n2)cc1)(NC(C)=O)C(=O)OCC. The van der Waals surface area contributed by atoms with Gasteiger partial charge in [0.05, 0.1) is 13.2 Å². The van der Waals surface area contributed by atoms with Gasteiger partial charge in [0, 0.05) is 18.1 Å². The Balaban J connectivity index is 1.77. The third-order valence-corrected chi connectivity index (χ3v) is 6.00. The van der Waals surface area contributed by atoms with Gasteiger partial charge in [-0.2, -0.15) is 0 Å². The first-order valence-corrected chi connectivity index (χ1v) is 12.5. The second-order valence-electron chi connectivity index (χ2n) is 9.04. The highest BCUT2D eigenvalue weighted by atomic mass is 16.6. The van der Waals surface area contributed by atoms with Crippen molar-refractivity contribution in [3.05, 3.63) is 65.9 Å². The normalized spacial score (nSPS) is 11.3. The Morgan fingerprint density at radius 1 is 0.919 bits per heavy atom. The molecule has 196 valence electrons. The molecule has 1 amide bonds. The highest BCUT2D eigenvalue weighted by Crippen LogP contribution is 2.27. The summed E-state index contributed by atoms with van der Waals surface area (Å²) in [6, 6.07) is 15.7. The molecule has 0 fully saturated rings. The molecule has 0 aliphatic carbocycles. The summed E-state index contributed by atoms with van der Waals surface area (Å²) in [7, 11) is 0. The molecule has 37 heavy (non-hydrogen) atoms. The number of carbonyl (C=O) groups excluding carboxylic acids is 3. The lowest BCUT2D eigenvalue weighted by molar-refractivity contribution is -0.168. The molecule has 0 unspecified atom stereocenters. The van der Waals surface area contributed by atoms with Crippen LogP contribution in [-0.4, -0.2) is 41.6 Å². The van der Waals surface area contributed by atoms with Crippen molar-refractivity contribution in [2.75, 3.05) is 13.2 Å². The third kappa shape index (κ3) is 6.64. The van der Waals surface area contributed by atoms with Crippen molar-refractivity contribution < 1.29 is 28.3 Å². The first-order valence-electron chi connectivity index (χ1n) is 12.5. The fraction of sp³-hybridized carbons (Fsp3) is 0.379. The summed E-state index contributed by atoms with van der Waals surface area (Å²) in [4.78, 5) is 42.1. The number of rotatable bonds is 11. The number of hydrogen-bond acceptors (Lipinski definition) is 7. The number of aromatic nitrogens is 1. The summed E-state index contributed by atoms with van der Waals surface area (Å²) in [5.74, 6) is -1.21. The van der Waals surface area contributed by atoms with Gasteiger partial charge in [-0.25, -0.2) is 14.6 Å². The van der Waals surface area contributed by atoms with Crippen LogP contribution in [0, 0.1) is 0 Å². The van der Waals surface area contributed by atoms with Crippen molar-refractivity contribution in [2.45, 2.75) is 58.9 Å². The van der Waals surface area contributed by atoms with Gasteiger partial charge >= 0.3 is 11.9 Å². The number of carbonyl (C=O) groups is 3. The predicted octanol–water partition coefficient (Wildman–Crippen LogP) is 5.07. The van der Waals surface area contributed by atoms with Gasteiger partial charge in [-0.05, 0) is 55.9 Å². The van der Waals surface area contributed by atoms with Gasteiger partial charge < -0.3 is 19.2 Å². The summed E-state index contributed by atoms with van der Waals surface area (Å²) in [6.07, 6.45) is 1.93. The van der Waals surface area contributed by atoms with E-state index in [0.29, 0.717) is 23.9 Å². The molecule has 3 rings (SSSR count). The van der Waals surface area contributed by atoms with Gasteiger partial charge in [-0.1, -0.05) is 50.2 Å². The standard InChI is InChI=1S/C29H34N2O6/c1-6-35-27(33)29(31-20(5)32,28(34)36-7-2)17-16-21-8-10-23(11-9-21)25-18-37-26(30-25)24-14-12-22(13-15-24)19(3)4/h8-15,18-19H,6-7,16-17H2,1-5H3,(H,31,32). The third-order valence-electron chi connectivity index (χ3n) is 6.00. The highest BCUT2D eigenvalue weighted by Gasteiger charge is 2.49. The van der Waals surface area contributed by atoms with Crippen LogP contribution in [0.15, 0.2) is 59.2 Å². The van der Waals surface area contributed by atoms with Crippen LogP contribution < -0.4 is 5.32 Å². The molecule has 0 saturated heterocycles. The van der Waals surface area contributed by atoms with Gasteiger partial charge in [0.2, 0.25) is 17.3 Å². The number of ether oxygens (including phenoxy) is 2. The molecule has 8 heteroatoms. The summed E-state index contributed by atoms with van der Waals surface area (Å²) >= 11 is 0. The van der Waals surface area contributed by atoms with E-state index in [0.717, 1.165) is 16.7 Å². The molecule has 1 N–H and O–H groups in total. The summed E-state index contributed by atoms with van der Waals surface area (Å²) in [5.41, 5.74) is 2.66. The second-order valence-corrected chi connectivity index (χ2v) is 9.04. The molecule has 0 aliphatic heterocycles. The molecule has 0 bridgehead atoms. The average Bonchev–Trinajstić information content (AvgIpc) is 3.37. The van der Waals surface area contributed by atoms with Gasteiger partial charge in [-0.15, -0.1) is 0 Å². The lowest BCUT2D eigenvalue weighted by atomic mass is 9.90. The van der Waals surface area contributed by atoms with Crippen molar-refractivity contribution >= 4 is 17.8 Å². The summed E-state index contributed by atoms with van der Waals surface area (Å²) in [6.45, 7) is 8.94. The van der Waals surface area contributed by atoms with Crippen LogP contribution in [-0.2, 0) is 30.3 Å².